The Labute approximate surface area is 80.4 Å². The van der Waals surface area contributed by atoms with Gasteiger partial charge >= 0.3 is 0 Å². The summed E-state index contributed by atoms with van der Waals surface area (Å²) in [6.07, 6.45) is 0.0560. The van der Waals surface area contributed by atoms with Crippen LogP contribution in [0.3, 0.4) is 0 Å². The number of rotatable bonds is 2. The molecule has 2 N–H and O–H groups in total. The van der Waals surface area contributed by atoms with Crippen LogP contribution in [0.15, 0.2) is 18.2 Å². The van der Waals surface area contributed by atoms with E-state index in [1.165, 1.54) is 16.8 Å². The molecule has 1 rings (SSSR count). The molecule has 0 bridgehead atoms. The van der Waals surface area contributed by atoms with Crippen molar-refractivity contribution in [3.63, 3.8) is 0 Å². The molecule has 1 aromatic carbocycles. The van der Waals surface area contributed by atoms with Crippen molar-refractivity contribution in [1.29, 1.82) is 0 Å². The summed E-state index contributed by atoms with van der Waals surface area (Å²) in [5.41, 5.74) is 9.65. The first kappa shape index (κ1) is 10.1. The van der Waals surface area contributed by atoms with Crippen molar-refractivity contribution in [3.8, 4) is 0 Å². The molecule has 2 heteroatoms. The van der Waals surface area contributed by atoms with Crippen LogP contribution in [0.5, 0.6) is 0 Å². The minimum Gasteiger partial charge on any atom is -0.359 e. The number of nitrogens with two attached hydrogens (primary N) is 1. The summed E-state index contributed by atoms with van der Waals surface area (Å²) < 4.78 is 0. The Morgan fingerprint density at radius 2 is 1.92 bits per heavy atom. The van der Waals surface area contributed by atoms with Gasteiger partial charge < -0.3 is 10.6 Å². The Bertz CT molecular complexity index is 292. The Morgan fingerprint density at radius 1 is 1.31 bits per heavy atom. The second-order valence-corrected chi connectivity index (χ2v) is 3.57. The van der Waals surface area contributed by atoms with Crippen molar-refractivity contribution in [1.82, 2.24) is 0 Å². The molecule has 13 heavy (non-hydrogen) atoms. The molecule has 0 aliphatic carbocycles. The molecule has 0 heterocycles. The lowest BCUT2D eigenvalue weighted by Crippen LogP contribution is -2.36. The highest BCUT2D eigenvalue weighted by Crippen LogP contribution is 2.21. The van der Waals surface area contributed by atoms with Gasteiger partial charge in [-0.25, -0.2) is 0 Å². The molecule has 1 aromatic rings. The first-order valence-electron chi connectivity index (χ1n) is 4.58. The van der Waals surface area contributed by atoms with Gasteiger partial charge in [0.25, 0.3) is 0 Å². The summed E-state index contributed by atoms with van der Waals surface area (Å²) in [6.45, 7) is 6.24. The number of anilines is 1. The molecular formula is C11H18N2. The fourth-order valence-corrected chi connectivity index (χ4v) is 1.34. The Kier molecular flexibility index (Phi) is 2.94. The summed E-state index contributed by atoms with van der Waals surface area (Å²) >= 11 is 0. The number of hydrogen-bond acceptors (Lipinski definition) is 2. The van der Waals surface area contributed by atoms with E-state index in [0.717, 1.165) is 0 Å². The van der Waals surface area contributed by atoms with Gasteiger partial charge in [-0.1, -0.05) is 12.1 Å². The maximum Gasteiger partial charge on any atom is 0.0739 e. The second-order valence-electron chi connectivity index (χ2n) is 3.57. The Balaban J connectivity index is 3.07. The minimum atomic E-state index is 0.0560. The molecule has 2 nitrogen and oxygen atoms in total. The van der Waals surface area contributed by atoms with Gasteiger partial charge in [0, 0.05) is 12.7 Å². The van der Waals surface area contributed by atoms with Crippen LogP contribution in [0.2, 0.25) is 0 Å². The molecule has 1 unspecified atom stereocenters. The van der Waals surface area contributed by atoms with E-state index in [0.29, 0.717) is 0 Å². The molecule has 0 fully saturated rings. The van der Waals surface area contributed by atoms with Crippen LogP contribution in [-0.2, 0) is 0 Å². The standard InChI is InChI=1S/C11H18N2/c1-8-6-5-7-11(9(8)2)13(4)10(3)12/h5-7,10H,12H2,1-4H3. The fourth-order valence-electron chi connectivity index (χ4n) is 1.34. The zero-order chi connectivity index (χ0) is 10.0. The summed E-state index contributed by atoms with van der Waals surface area (Å²) in [5.74, 6) is 0. The topological polar surface area (TPSA) is 29.3 Å². The lowest BCUT2D eigenvalue weighted by molar-refractivity contribution is 0.718. The van der Waals surface area contributed by atoms with Crippen LogP contribution in [0, 0.1) is 13.8 Å². The third kappa shape index (κ3) is 2.01. The van der Waals surface area contributed by atoms with Crippen LogP contribution in [0.1, 0.15) is 18.1 Å². The average molecular weight is 178 g/mol. The zero-order valence-electron chi connectivity index (χ0n) is 8.83. The van der Waals surface area contributed by atoms with Crippen molar-refractivity contribution >= 4 is 5.69 Å². The molecule has 72 valence electrons. The predicted octanol–water partition coefficient (Wildman–Crippen LogP) is 2.04. The molecule has 0 spiro atoms. The largest absolute Gasteiger partial charge is 0.359 e. The van der Waals surface area contributed by atoms with E-state index in [-0.39, 0.29) is 6.17 Å². The predicted molar refractivity (Wildman–Crippen MR) is 58.0 cm³/mol. The summed E-state index contributed by atoms with van der Waals surface area (Å²) in [7, 11) is 2.02. The monoisotopic (exact) mass is 178 g/mol. The number of hydrogen-bond donors (Lipinski definition) is 1. The van der Waals surface area contributed by atoms with E-state index >= 15 is 0 Å². The molecule has 1 atom stereocenters. The maximum atomic E-state index is 5.81. The SMILES string of the molecule is Cc1cccc(N(C)C(C)N)c1C. The lowest BCUT2D eigenvalue weighted by atomic mass is 10.1. The van der Waals surface area contributed by atoms with Crippen molar-refractivity contribution in [2.24, 2.45) is 5.73 Å². The first-order chi connectivity index (χ1) is 6.04. The number of nitrogens with zero attached hydrogens (tertiary/aromatic N) is 1. The maximum absolute atomic E-state index is 5.81. The highest BCUT2D eigenvalue weighted by Gasteiger charge is 2.08. The third-order valence-electron chi connectivity index (χ3n) is 2.57. The minimum absolute atomic E-state index is 0.0560. The molecule has 0 radical (unpaired) electrons. The van der Waals surface area contributed by atoms with Crippen molar-refractivity contribution in [2.75, 3.05) is 11.9 Å². The first-order valence-corrected chi connectivity index (χ1v) is 4.58. The van der Waals surface area contributed by atoms with E-state index in [9.17, 15) is 0 Å². The van der Waals surface area contributed by atoms with Crippen LogP contribution in [0.4, 0.5) is 5.69 Å². The normalized spacial score (nSPS) is 12.7. The van der Waals surface area contributed by atoms with Crippen molar-refractivity contribution in [3.05, 3.63) is 29.3 Å². The molecule has 0 amide bonds. The van der Waals surface area contributed by atoms with Gasteiger partial charge in [0.2, 0.25) is 0 Å². The Morgan fingerprint density at radius 3 is 2.46 bits per heavy atom. The van der Waals surface area contributed by atoms with E-state index in [4.69, 9.17) is 5.73 Å². The van der Waals surface area contributed by atoms with Crippen LogP contribution in [-0.4, -0.2) is 13.2 Å². The smallest absolute Gasteiger partial charge is 0.0739 e. The Hall–Kier alpha value is -1.02. The zero-order valence-corrected chi connectivity index (χ0v) is 8.83. The van der Waals surface area contributed by atoms with Crippen LogP contribution < -0.4 is 10.6 Å². The average Bonchev–Trinajstić information content (AvgIpc) is 2.08. The van der Waals surface area contributed by atoms with Crippen molar-refractivity contribution < 1.29 is 0 Å². The van der Waals surface area contributed by atoms with Gasteiger partial charge in [-0.05, 0) is 38.0 Å². The van der Waals surface area contributed by atoms with Gasteiger partial charge in [-0.15, -0.1) is 0 Å². The molecule has 0 aliphatic rings. The van der Waals surface area contributed by atoms with E-state index < -0.39 is 0 Å². The van der Waals surface area contributed by atoms with Gasteiger partial charge in [-0.3, -0.25) is 0 Å². The fraction of sp³-hybridized carbons (Fsp3) is 0.455. The van der Waals surface area contributed by atoms with Crippen molar-refractivity contribution in [2.45, 2.75) is 26.9 Å². The van der Waals surface area contributed by atoms with E-state index in [1.807, 2.05) is 14.0 Å². The molecule has 0 saturated carbocycles. The third-order valence-corrected chi connectivity index (χ3v) is 2.57. The lowest BCUT2D eigenvalue weighted by Gasteiger charge is -2.25. The van der Waals surface area contributed by atoms with Gasteiger partial charge in [-0.2, -0.15) is 0 Å². The van der Waals surface area contributed by atoms with E-state index in [1.54, 1.807) is 0 Å². The van der Waals surface area contributed by atoms with Gasteiger partial charge in [0.1, 0.15) is 0 Å². The highest BCUT2D eigenvalue weighted by molar-refractivity contribution is 5.55. The highest BCUT2D eigenvalue weighted by atomic mass is 15.2. The summed E-state index contributed by atoms with van der Waals surface area (Å²) in [5, 5.41) is 0. The molecule has 0 aliphatic heterocycles. The van der Waals surface area contributed by atoms with Crippen LogP contribution >= 0.6 is 0 Å². The molecular weight excluding hydrogens is 160 g/mol. The molecule has 0 saturated heterocycles. The summed E-state index contributed by atoms with van der Waals surface area (Å²) in [4.78, 5) is 2.09. The number of benzene rings is 1. The quantitative estimate of drug-likeness (QED) is 0.702. The van der Waals surface area contributed by atoms with E-state index in [2.05, 4.69) is 36.9 Å². The van der Waals surface area contributed by atoms with Gasteiger partial charge in [0.05, 0.1) is 6.17 Å². The number of aryl methyl sites for hydroxylation is 1. The van der Waals surface area contributed by atoms with Crippen LogP contribution in [0.25, 0.3) is 0 Å². The second kappa shape index (κ2) is 3.79. The summed E-state index contributed by atoms with van der Waals surface area (Å²) in [6, 6.07) is 6.29. The van der Waals surface area contributed by atoms with Gasteiger partial charge in [0.15, 0.2) is 0 Å². The molecule has 0 aromatic heterocycles.